The molecule has 0 radical (unpaired) electrons. The Bertz CT molecular complexity index is 2600. The molecular formula is C53H44N2O3. The quantitative estimate of drug-likeness (QED) is 0.116. The number of benzene rings is 8. The summed E-state index contributed by atoms with van der Waals surface area (Å²) in [6, 6.07) is 65.7. The van der Waals surface area contributed by atoms with E-state index in [1.54, 1.807) is 7.11 Å². The molecule has 5 nitrogen and oxygen atoms in total. The predicted molar refractivity (Wildman–Crippen MR) is 238 cm³/mol. The molecule has 0 N–H and O–H groups in total. The fraction of sp³-hybridized carbons (Fsp3) is 0.0755. The Morgan fingerprint density at radius 3 is 0.948 bits per heavy atom. The maximum Gasteiger partial charge on any atom is 0.193 e. The standard InChI is InChI=1S/C53H44N2O3/c1-37-5-11-42(12-6-37)53(56)43-17-31-51(32-18-43)58-52-35-29-49(30-36-52)55(45-21-9-39(3)10-22-45)47-25-15-41(16-26-47)40-13-23-46(24-14-40)54(44-19-7-38(2)8-20-44)48-27-33-50(57-4)34-28-48/h5-36H,1-4H3. The highest BCUT2D eigenvalue weighted by atomic mass is 16.5. The summed E-state index contributed by atoms with van der Waals surface area (Å²) in [6.07, 6.45) is 0. The number of carbonyl (C=O) groups is 1. The van der Waals surface area contributed by atoms with Crippen molar-refractivity contribution < 1.29 is 14.3 Å². The molecule has 0 saturated heterocycles. The highest BCUT2D eigenvalue weighted by Crippen LogP contribution is 2.39. The van der Waals surface area contributed by atoms with E-state index in [4.69, 9.17) is 9.47 Å². The van der Waals surface area contributed by atoms with Crippen LogP contribution in [0.1, 0.15) is 32.6 Å². The van der Waals surface area contributed by atoms with Crippen molar-refractivity contribution in [1.29, 1.82) is 0 Å². The van der Waals surface area contributed by atoms with Crippen LogP contribution in [0.3, 0.4) is 0 Å². The van der Waals surface area contributed by atoms with Crippen molar-refractivity contribution in [3.8, 4) is 28.4 Å². The monoisotopic (exact) mass is 756 g/mol. The summed E-state index contributed by atoms with van der Waals surface area (Å²) < 4.78 is 11.6. The van der Waals surface area contributed by atoms with Crippen molar-refractivity contribution in [1.82, 2.24) is 0 Å². The first kappa shape index (κ1) is 37.5. The number of ether oxygens (including phenoxy) is 2. The maximum absolute atomic E-state index is 13.0. The van der Waals surface area contributed by atoms with E-state index in [2.05, 4.69) is 145 Å². The van der Waals surface area contributed by atoms with E-state index in [9.17, 15) is 4.79 Å². The number of anilines is 6. The third-order valence-electron chi connectivity index (χ3n) is 10.3. The van der Waals surface area contributed by atoms with Crippen LogP contribution in [0.2, 0.25) is 0 Å². The van der Waals surface area contributed by atoms with E-state index in [1.165, 1.54) is 11.1 Å². The SMILES string of the molecule is COc1ccc(N(c2ccc(C)cc2)c2ccc(-c3ccc(N(c4ccc(C)cc4)c4ccc(Oc5ccc(C(=O)c6ccc(C)cc6)cc5)cc4)cc3)cc2)cc1. The van der Waals surface area contributed by atoms with E-state index < -0.39 is 0 Å². The van der Waals surface area contributed by atoms with Crippen LogP contribution in [-0.2, 0) is 0 Å². The fourth-order valence-electron chi connectivity index (χ4n) is 6.96. The van der Waals surface area contributed by atoms with Crippen LogP contribution in [-0.4, -0.2) is 12.9 Å². The van der Waals surface area contributed by atoms with Gasteiger partial charge >= 0.3 is 0 Å². The highest BCUT2D eigenvalue weighted by Gasteiger charge is 2.16. The lowest BCUT2D eigenvalue weighted by molar-refractivity contribution is 0.103. The van der Waals surface area contributed by atoms with Crippen LogP contribution >= 0.6 is 0 Å². The number of ketones is 1. The summed E-state index contributed by atoms with van der Waals surface area (Å²) in [5, 5.41) is 0. The molecule has 284 valence electrons. The van der Waals surface area contributed by atoms with Crippen molar-refractivity contribution in [2.45, 2.75) is 20.8 Å². The molecule has 0 unspecified atom stereocenters. The van der Waals surface area contributed by atoms with Gasteiger partial charge in [-0.15, -0.1) is 0 Å². The Balaban J connectivity index is 1.02. The minimum absolute atomic E-state index is 0.0102. The molecule has 8 rings (SSSR count). The normalized spacial score (nSPS) is 10.8. The lowest BCUT2D eigenvalue weighted by atomic mass is 10.0. The average Bonchev–Trinajstić information content (AvgIpc) is 3.27. The zero-order valence-corrected chi connectivity index (χ0v) is 33.1. The van der Waals surface area contributed by atoms with Crippen molar-refractivity contribution in [2.24, 2.45) is 0 Å². The lowest BCUT2D eigenvalue weighted by Gasteiger charge is -2.26. The molecule has 58 heavy (non-hydrogen) atoms. The molecule has 0 aliphatic heterocycles. The summed E-state index contributed by atoms with van der Waals surface area (Å²) in [4.78, 5) is 17.5. The molecule has 0 aromatic heterocycles. The van der Waals surface area contributed by atoms with Crippen LogP contribution in [0.25, 0.3) is 11.1 Å². The molecule has 5 heteroatoms. The number of nitrogens with zero attached hydrogens (tertiary/aromatic N) is 2. The van der Waals surface area contributed by atoms with Crippen molar-refractivity contribution in [2.75, 3.05) is 16.9 Å². The van der Waals surface area contributed by atoms with Crippen molar-refractivity contribution >= 4 is 39.9 Å². The molecule has 0 heterocycles. The van der Waals surface area contributed by atoms with Crippen LogP contribution in [0, 0.1) is 20.8 Å². The second-order valence-corrected chi connectivity index (χ2v) is 14.4. The molecule has 0 aliphatic rings. The molecule has 8 aromatic carbocycles. The van der Waals surface area contributed by atoms with Gasteiger partial charge in [0.25, 0.3) is 0 Å². The Labute approximate surface area is 341 Å². The Morgan fingerprint density at radius 2 is 0.603 bits per heavy atom. The molecule has 0 aliphatic carbocycles. The molecule has 0 amide bonds. The number of rotatable bonds is 12. The molecule has 0 atom stereocenters. The number of hydrogen-bond acceptors (Lipinski definition) is 5. The summed E-state index contributed by atoms with van der Waals surface area (Å²) in [5.41, 5.74) is 13.4. The van der Waals surface area contributed by atoms with Gasteiger partial charge in [0, 0.05) is 45.3 Å². The van der Waals surface area contributed by atoms with E-state index >= 15 is 0 Å². The van der Waals surface area contributed by atoms with Gasteiger partial charge in [0.05, 0.1) is 7.11 Å². The summed E-state index contributed by atoms with van der Waals surface area (Å²) in [6.45, 7) is 6.22. The predicted octanol–water partition coefficient (Wildman–Crippen LogP) is 14.3. The van der Waals surface area contributed by atoms with Crippen molar-refractivity contribution in [3.05, 3.63) is 222 Å². The number of carbonyl (C=O) groups excluding carboxylic acids is 1. The van der Waals surface area contributed by atoms with Gasteiger partial charge in [0.2, 0.25) is 0 Å². The summed E-state index contributed by atoms with van der Waals surface area (Å²) in [7, 11) is 1.69. The lowest BCUT2D eigenvalue weighted by Crippen LogP contribution is -2.10. The molecule has 0 bridgehead atoms. The summed E-state index contributed by atoms with van der Waals surface area (Å²) >= 11 is 0. The molecule has 0 fully saturated rings. The first-order valence-electron chi connectivity index (χ1n) is 19.4. The van der Waals surface area contributed by atoms with Gasteiger partial charge in [-0.2, -0.15) is 0 Å². The van der Waals surface area contributed by atoms with Crippen LogP contribution < -0.4 is 19.3 Å². The zero-order chi connectivity index (χ0) is 40.0. The zero-order valence-electron chi connectivity index (χ0n) is 33.1. The van der Waals surface area contributed by atoms with Gasteiger partial charge in [-0.25, -0.2) is 0 Å². The number of methoxy groups -OCH3 is 1. The van der Waals surface area contributed by atoms with E-state index in [0.717, 1.165) is 56.6 Å². The third kappa shape index (κ3) is 8.40. The summed E-state index contributed by atoms with van der Waals surface area (Å²) in [5.74, 6) is 2.18. The van der Waals surface area contributed by atoms with Crippen LogP contribution in [0.5, 0.6) is 17.2 Å². The van der Waals surface area contributed by atoms with E-state index in [0.29, 0.717) is 22.6 Å². The van der Waals surface area contributed by atoms with Gasteiger partial charge in [-0.1, -0.05) is 89.5 Å². The Hall–Kier alpha value is -7.37. The van der Waals surface area contributed by atoms with Gasteiger partial charge in [-0.05, 0) is 153 Å². The van der Waals surface area contributed by atoms with Crippen molar-refractivity contribution in [3.63, 3.8) is 0 Å². The van der Waals surface area contributed by atoms with E-state index in [1.807, 2.05) is 79.7 Å². The first-order valence-corrected chi connectivity index (χ1v) is 19.4. The molecule has 0 saturated carbocycles. The third-order valence-corrected chi connectivity index (χ3v) is 10.3. The number of aryl methyl sites for hydroxylation is 3. The van der Waals surface area contributed by atoms with Crippen LogP contribution in [0.4, 0.5) is 34.1 Å². The van der Waals surface area contributed by atoms with E-state index in [-0.39, 0.29) is 5.78 Å². The van der Waals surface area contributed by atoms with Gasteiger partial charge < -0.3 is 19.3 Å². The average molecular weight is 757 g/mol. The second-order valence-electron chi connectivity index (χ2n) is 14.4. The minimum Gasteiger partial charge on any atom is -0.497 e. The topological polar surface area (TPSA) is 42.0 Å². The highest BCUT2D eigenvalue weighted by molar-refractivity contribution is 6.09. The maximum atomic E-state index is 13.0. The van der Waals surface area contributed by atoms with Crippen LogP contribution in [0.15, 0.2) is 194 Å². The first-order chi connectivity index (χ1) is 28.3. The van der Waals surface area contributed by atoms with Gasteiger partial charge in [0.1, 0.15) is 17.2 Å². The Morgan fingerprint density at radius 1 is 0.345 bits per heavy atom. The largest absolute Gasteiger partial charge is 0.497 e. The molecule has 8 aromatic rings. The number of hydrogen-bond donors (Lipinski definition) is 0. The fourth-order valence-corrected chi connectivity index (χ4v) is 6.96. The van der Waals surface area contributed by atoms with Gasteiger partial charge in [0.15, 0.2) is 5.78 Å². The Kier molecular flexibility index (Phi) is 10.9. The second kappa shape index (κ2) is 16.8. The molecular weight excluding hydrogens is 713 g/mol. The van der Waals surface area contributed by atoms with Gasteiger partial charge in [-0.3, -0.25) is 4.79 Å². The molecule has 0 spiro atoms. The smallest absolute Gasteiger partial charge is 0.193 e. The minimum atomic E-state index is -0.0102.